The van der Waals surface area contributed by atoms with Crippen LogP contribution in [0.3, 0.4) is 0 Å². The monoisotopic (exact) mass is 506 g/mol. The first kappa shape index (κ1) is 34.3. The topological polar surface area (TPSA) is 87.0 Å². The lowest BCUT2D eigenvalue weighted by Crippen LogP contribution is -2.33. The normalized spacial score (nSPS) is 18.2. The summed E-state index contributed by atoms with van der Waals surface area (Å²) in [6, 6.07) is 0. The van der Waals surface area contributed by atoms with Crippen LogP contribution < -0.4 is 0 Å². The average Bonchev–Trinajstić information content (AvgIpc) is 2.88. The van der Waals surface area contributed by atoms with Crippen LogP contribution in [0.5, 0.6) is 0 Å². The van der Waals surface area contributed by atoms with Crippen molar-refractivity contribution in [3.05, 3.63) is 49.1 Å². The largest absolute Gasteiger partial charge is 0.469 e. The van der Waals surface area contributed by atoms with E-state index in [-0.39, 0.29) is 29.6 Å². The molecule has 0 spiro atoms. The Morgan fingerprint density at radius 3 is 1.89 bits per heavy atom. The van der Waals surface area contributed by atoms with Gasteiger partial charge in [0.1, 0.15) is 0 Å². The highest BCUT2D eigenvalue weighted by Gasteiger charge is 2.25. The van der Waals surface area contributed by atoms with E-state index in [4.69, 9.17) is 0 Å². The summed E-state index contributed by atoms with van der Waals surface area (Å²) < 4.78 is 4.65. The van der Waals surface area contributed by atoms with E-state index < -0.39 is 18.3 Å². The molecule has 0 aliphatic carbocycles. The van der Waals surface area contributed by atoms with Gasteiger partial charge in [-0.25, -0.2) is 0 Å². The Morgan fingerprint density at radius 1 is 0.778 bits per heavy atom. The first-order chi connectivity index (χ1) is 17.1. The van der Waals surface area contributed by atoms with Gasteiger partial charge in [0.2, 0.25) is 0 Å². The van der Waals surface area contributed by atoms with E-state index in [1.807, 2.05) is 52.0 Å². The number of methoxy groups -OCH3 is 1. The third-order valence-electron chi connectivity index (χ3n) is 7.05. The van der Waals surface area contributed by atoms with Gasteiger partial charge in [-0.2, -0.15) is 0 Å². The van der Waals surface area contributed by atoms with Gasteiger partial charge in [-0.3, -0.25) is 4.79 Å². The molecular formula is C31H54O5. The van der Waals surface area contributed by atoms with Crippen LogP contribution in [-0.4, -0.2) is 46.7 Å². The molecule has 5 nitrogen and oxygen atoms in total. The molecule has 3 N–H and O–H groups in total. The lowest BCUT2D eigenvalue weighted by molar-refractivity contribution is -0.140. The highest BCUT2D eigenvalue weighted by Crippen LogP contribution is 2.21. The van der Waals surface area contributed by atoms with Crippen LogP contribution in [-0.2, 0) is 9.53 Å². The van der Waals surface area contributed by atoms with Gasteiger partial charge in [0.25, 0.3) is 0 Å². The number of aliphatic hydroxyl groups excluding tert-OH is 3. The zero-order valence-corrected chi connectivity index (χ0v) is 23.5. The second kappa shape index (κ2) is 21.4. The minimum Gasteiger partial charge on any atom is -0.469 e. The first-order valence-corrected chi connectivity index (χ1v) is 13.9. The Balaban J connectivity index is 4.13. The smallest absolute Gasteiger partial charge is 0.305 e. The molecule has 0 radical (unpaired) electrons. The molecule has 7 atom stereocenters. The molecule has 36 heavy (non-hydrogen) atoms. The zero-order valence-electron chi connectivity index (χ0n) is 23.5. The Morgan fingerprint density at radius 2 is 1.31 bits per heavy atom. The molecule has 0 aromatic carbocycles. The maximum atomic E-state index is 11.1. The lowest BCUT2D eigenvalue weighted by atomic mass is 9.87. The fourth-order valence-electron chi connectivity index (χ4n) is 4.27. The summed E-state index contributed by atoms with van der Waals surface area (Å²) in [5.74, 6) is -0.281. The number of allylic oxidation sites excluding steroid dienone is 4. The maximum absolute atomic E-state index is 11.1. The number of esters is 1. The third kappa shape index (κ3) is 16.1. The van der Waals surface area contributed by atoms with Gasteiger partial charge < -0.3 is 20.1 Å². The standard InChI is InChI=1S/C31H54O5/c1-7-8-19-26(4)31(35)27(5)28(32)22-18-17-21-25(3)30(34)24(2)20-15-13-11-9-10-12-14-16-23-29(33)36-6/h7-8,15,17,19-21,24-28,30-32,34-35H,1,9-14,16,18,22-23H2,2-6H3/b19-8-,20-15-,21-17-/t24-,25-,26-,27-,28+,30-,31-/m0/s1. The van der Waals surface area contributed by atoms with Crippen LogP contribution in [0.2, 0.25) is 0 Å². The Hall–Kier alpha value is -1.69. The number of carbonyl (C=O) groups excluding carboxylic acids is 1. The molecule has 0 aromatic heterocycles. The summed E-state index contributed by atoms with van der Waals surface area (Å²) in [4.78, 5) is 11.1. The van der Waals surface area contributed by atoms with E-state index in [1.54, 1.807) is 6.08 Å². The molecule has 0 aliphatic heterocycles. The van der Waals surface area contributed by atoms with Crippen molar-refractivity contribution in [2.24, 2.45) is 23.7 Å². The molecule has 0 bridgehead atoms. The predicted octanol–water partition coefficient (Wildman–Crippen LogP) is 6.54. The number of ether oxygens (including phenoxy) is 1. The van der Waals surface area contributed by atoms with E-state index in [2.05, 4.69) is 23.5 Å². The van der Waals surface area contributed by atoms with Crippen LogP contribution >= 0.6 is 0 Å². The molecule has 0 saturated carbocycles. The van der Waals surface area contributed by atoms with Crippen LogP contribution in [0, 0.1) is 23.7 Å². The third-order valence-corrected chi connectivity index (χ3v) is 7.05. The van der Waals surface area contributed by atoms with E-state index >= 15 is 0 Å². The summed E-state index contributed by atoms with van der Waals surface area (Å²) >= 11 is 0. The molecule has 208 valence electrons. The minimum absolute atomic E-state index is 0.0267. The van der Waals surface area contributed by atoms with E-state index in [9.17, 15) is 20.1 Å². The second-order valence-electron chi connectivity index (χ2n) is 10.3. The average molecular weight is 507 g/mol. The summed E-state index contributed by atoms with van der Waals surface area (Å²) in [5.41, 5.74) is 0. The van der Waals surface area contributed by atoms with Crippen LogP contribution in [0.4, 0.5) is 0 Å². The maximum Gasteiger partial charge on any atom is 0.305 e. The van der Waals surface area contributed by atoms with Crippen molar-refractivity contribution in [2.75, 3.05) is 7.11 Å². The molecule has 0 fully saturated rings. The number of carbonyl (C=O) groups is 1. The number of aliphatic hydroxyl groups is 3. The number of hydrogen-bond acceptors (Lipinski definition) is 5. The minimum atomic E-state index is -0.605. The zero-order chi connectivity index (χ0) is 27.3. The molecule has 5 heteroatoms. The highest BCUT2D eigenvalue weighted by molar-refractivity contribution is 5.68. The van der Waals surface area contributed by atoms with Gasteiger partial charge in [0, 0.05) is 30.1 Å². The second-order valence-corrected chi connectivity index (χ2v) is 10.3. The van der Waals surface area contributed by atoms with E-state index in [0.29, 0.717) is 19.3 Å². The number of rotatable bonds is 21. The lowest BCUT2D eigenvalue weighted by Gasteiger charge is -2.27. The van der Waals surface area contributed by atoms with Crippen molar-refractivity contribution < 1.29 is 24.9 Å². The molecule has 0 saturated heterocycles. The number of hydrogen-bond donors (Lipinski definition) is 3. The summed E-state index contributed by atoms with van der Waals surface area (Å²) in [5, 5.41) is 31.5. The fraction of sp³-hybridized carbons (Fsp3) is 0.710. The van der Waals surface area contributed by atoms with E-state index in [0.717, 1.165) is 32.1 Å². The van der Waals surface area contributed by atoms with E-state index in [1.165, 1.54) is 20.0 Å². The molecule has 0 rings (SSSR count). The quantitative estimate of drug-likeness (QED) is 0.0712. The molecule has 0 heterocycles. The molecule has 0 aliphatic rings. The first-order valence-electron chi connectivity index (χ1n) is 13.9. The summed E-state index contributed by atoms with van der Waals surface area (Å²) in [6.45, 7) is 11.5. The van der Waals surface area contributed by atoms with Crippen LogP contribution in [0.1, 0.15) is 91.9 Å². The van der Waals surface area contributed by atoms with Crippen molar-refractivity contribution >= 4 is 5.97 Å². The number of unbranched alkanes of at least 4 members (excludes halogenated alkanes) is 6. The Kier molecular flexibility index (Phi) is 20.4. The predicted molar refractivity (Wildman–Crippen MR) is 150 cm³/mol. The Labute approximate surface area is 221 Å². The summed E-state index contributed by atoms with van der Waals surface area (Å²) in [7, 11) is 1.43. The van der Waals surface area contributed by atoms with Gasteiger partial charge in [-0.1, -0.05) is 102 Å². The molecular weight excluding hydrogens is 452 g/mol. The van der Waals surface area contributed by atoms with Gasteiger partial charge in [0.05, 0.1) is 25.4 Å². The van der Waals surface area contributed by atoms with Crippen molar-refractivity contribution in [1.82, 2.24) is 0 Å². The SMILES string of the molecule is C=C/C=C\[C@H](C)[C@H](O)[C@@H](C)[C@H](O)CC/C=C\[C@H](C)[C@@H](O)[C@@H](C)/C=C\CCCCCCCCC(=O)OC. The van der Waals surface area contributed by atoms with Gasteiger partial charge in [-0.05, 0) is 32.1 Å². The molecule has 0 aromatic rings. The van der Waals surface area contributed by atoms with Crippen molar-refractivity contribution in [1.29, 1.82) is 0 Å². The summed E-state index contributed by atoms with van der Waals surface area (Å²) in [6.07, 6.45) is 21.6. The van der Waals surface area contributed by atoms with Gasteiger partial charge in [-0.15, -0.1) is 0 Å². The molecule has 0 amide bonds. The van der Waals surface area contributed by atoms with Gasteiger partial charge in [0.15, 0.2) is 0 Å². The highest BCUT2D eigenvalue weighted by atomic mass is 16.5. The van der Waals surface area contributed by atoms with Crippen molar-refractivity contribution in [3.8, 4) is 0 Å². The van der Waals surface area contributed by atoms with Crippen molar-refractivity contribution in [2.45, 2.75) is 110 Å². The Bertz CT molecular complexity index is 653. The van der Waals surface area contributed by atoms with Crippen LogP contribution in [0.25, 0.3) is 0 Å². The molecule has 0 unspecified atom stereocenters. The fourth-order valence-corrected chi connectivity index (χ4v) is 4.27. The van der Waals surface area contributed by atoms with Gasteiger partial charge >= 0.3 is 5.97 Å². The van der Waals surface area contributed by atoms with Crippen molar-refractivity contribution in [3.63, 3.8) is 0 Å². The van der Waals surface area contributed by atoms with Crippen LogP contribution in [0.15, 0.2) is 49.1 Å².